The number of furan rings is 1. The second kappa shape index (κ2) is 9.82. The summed E-state index contributed by atoms with van der Waals surface area (Å²) in [7, 11) is 0. The number of piperazine rings is 1. The molecule has 0 spiro atoms. The predicted octanol–water partition coefficient (Wildman–Crippen LogP) is 1.47. The first kappa shape index (κ1) is 21.8. The van der Waals surface area contributed by atoms with E-state index in [0.29, 0.717) is 57.4 Å². The van der Waals surface area contributed by atoms with Gasteiger partial charge in [-0.25, -0.2) is 9.37 Å². The summed E-state index contributed by atoms with van der Waals surface area (Å²) in [4.78, 5) is 33.2. The van der Waals surface area contributed by atoms with Gasteiger partial charge in [-0.15, -0.1) is 0 Å². The zero-order chi connectivity index (χ0) is 22.5. The Morgan fingerprint density at radius 3 is 2.78 bits per heavy atom. The predicted molar refractivity (Wildman–Crippen MR) is 116 cm³/mol. The normalized spacial score (nSPS) is 19.1. The third-order valence-corrected chi connectivity index (χ3v) is 5.47. The molecule has 2 amide bonds. The van der Waals surface area contributed by atoms with Gasteiger partial charge in [0.15, 0.2) is 11.6 Å². The molecule has 2 saturated heterocycles. The van der Waals surface area contributed by atoms with Crippen molar-refractivity contribution in [2.45, 2.75) is 13.0 Å². The van der Waals surface area contributed by atoms with Gasteiger partial charge in [-0.05, 0) is 18.2 Å². The van der Waals surface area contributed by atoms with Crippen LogP contribution in [0.1, 0.15) is 12.7 Å². The number of halogens is 1. The number of amides is 2. The van der Waals surface area contributed by atoms with Crippen molar-refractivity contribution in [1.82, 2.24) is 15.2 Å². The molecule has 0 aliphatic carbocycles. The molecule has 1 unspecified atom stereocenters. The summed E-state index contributed by atoms with van der Waals surface area (Å²) in [6.45, 7) is 4.69. The van der Waals surface area contributed by atoms with Gasteiger partial charge in [0.25, 0.3) is 0 Å². The highest BCUT2D eigenvalue weighted by Gasteiger charge is 2.26. The van der Waals surface area contributed by atoms with Crippen molar-refractivity contribution in [3.8, 4) is 0 Å². The van der Waals surface area contributed by atoms with Gasteiger partial charge in [0.1, 0.15) is 12.5 Å². The second-order valence-corrected chi connectivity index (χ2v) is 7.74. The molecule has 0 saturated carbocycles. The largest absolute Gasteiger partial charge is 0.465 e. The average Bonchev–Trinajstić information content (AvgIpc) is 3.48. The first-order chi connectivity index (χ1) is 15.5. The Bertz CT molecular complexity index is 973. The molecule has 4 rings (SSSR count). The van der Waals surface area contributed by atoms with Crippen LogP contribution < -0.4 is 15.1 Å². The van der Waals surface area contributed by atoms with E-state index in [1.54, 1.807) is 35.6 Å². The molecule has 10 heteroatoms. The summed E-state index contributed by atoms with van der Waals surface area (Å²) < 4.78 is 25.7. The van der Waals surface area contributed by atoms with Crippen molar-refractivity contribution in [2.75, 3.05) is 55.8 Å². The van der Waals surface area contributed by atoms with Gasteiger partial charge in [0, 0.05) is 58.3 Å². The second-order valence-electron chi connectivity index (χ2n) is 7.74. The van der Waals surface area contributed by atoms with Crippen LogP contribution in [0.3, 0.4) is 0 Å². The maximum atomic E-state index is 14.8. The van der Waals surface area contributed by atoms with Crippen LogP contribution in [0, 0.1) is 5.82 Å². The Morgan fingerprint density at radius 2 is 2.09 bits per heavy atom. The van der Waals surface area contributed by atoms with Gasteiger partial charge in [-0.2, -0.15) is 0 Å². The lowest BCUT2D eigenvalue weighted by atomic mass is 10.2. The van der Waals surface area contributed by atoms with Crippen LogP contribution in [0.15, 0.2) is 41.2 Å². The molecule has 2 aromatic heterocycles. The highest BCUT2D eigenvalue weighted by molar-refractivity contribution is 5.91. The number of pyridine rings is 1. The highest BCUT2D eigenvalue weighted by Crippen LogP contribution is 2.25. The standard InChI is InChI=1S/C22H26FN5O4/c1-16(29)24-13-19-14-28(15-32-19)17-11-20(23)22(25-12-17)27-8-6-26(7-9-27)21(30)5-4-18-3-2-10-31-18/h2-5,10-12,19H,6-9,13-15H2,1H3,(H,24,29). The van der Waals surface area contributed by atoms with Gasteiger partial charge in [-0.3, -0.25) is 9.59 Å². The van der Waals surface area contributed by atoms with Gasteiger partial charge in [0.05, 0.1) is 24.3 Å². The van der Waals surface area contributed by atoms with Crippen LogP contribution in [0.25, 0.3) is 6.08 Å². The van der Waals surface area contributed by atoms with Crippen molar-refractivity contribution < 1.29 is 23.1 Å². The van der Waals surface area contributed by atoms with E-state index < -0.39 is 5.82 Å². The molecule has 2 aliphatic rings. The maximum absolute atomic E-state index is 14.8. The molecule has 2 fully saturated rings. The zero-order valence-corrected chi connectivity index (χ0v) is 17.9. The molecule has 0 bridgehead atoms. The van der Waals surface area contributed by atoms with E-state index in [-0.39, 0.29) is 23.7 Å². The summed E-state index contributed by atoms with van der Waals surface area (Å²) in [5.41, 5.74) is 0.633. The van der Waals surface area contributed by atoms with Crippen LogP contribution in [0.4, 0.5) is 15.9 Å². The smallest absolute Gasteiger partial charge is 0.246 e. The number of carbonyl (C=O) groups is 2. The fraction of sp³-hybridized carbons (Fsp3) is 0.409. The minimum absolute atomic E-state index is 0.104. The van der Waals surface area contributed by atoms with E-state index in [1.807, 2.05) is 9.80 Å². The van der Waals surface area contributed by atoms with Crippen LogP contribution in [0.2, 0.25) is 0 Å². The lowest BCUT2D eigenvalue weighted by Gasteiger charge is -2.35. The Labute approximate surface area is 185 Å². The van der Waals surface area contributed by atoms with E-state index >= 15 is 0 Å². The molecule has 0 aromatic carbocycles. The summed E-state index contributed by atoms with van der Waals surface area (Å²) in [6.07, 6.45) is 6.16. The van der Waals surface area contributed by atoms with E-state index in [0.717, 1.165) is 0 Å². The van der Waals surface area contributed by atoms with Crippen LogP contribution in [-0.4, -0.2) is 73.8 Å². The van der Waals surface area contributed by atoms with Crippen molar-refractivity contribution in [3.05, 3.63) is 48.3 Å². The van der Waals surface area contributed by atoms with E-state index in [1.165, 1.54) is 19.1 Å². The SMILES string of the molecule is CC(=O)NCC1CN(c2cnc(N3CCN(C(=O)C=Cc4ccco4)CC3)c(F)c2)CO1. The average molecular weight is 443 g/mol. The minimum Gasteiger partial charge on any atom is -0.465 e. The molecule has 9 nitrogen and oxygen atoms in total. The van der Waals surface area contributed by atoms with Crippen molar-refractivity contribution in [3.63, 3.8) is 0 Å². The first-order valence-electron chi connectivity index (χ1n) is 10.5. The summed E-state index contributed by atoms with van der Waals surface area (Å²) >= 11 is 0. The van der Waals surface area contributed by atoms with Gasteiger partial charge >= 0.3 is 0 Å². The van der Waals surface area contributed by atoms with Gasteiger partial charge in [-0.1, -0.05) is 0 Å². The quantitative estimate of drug-likeness (QED) is 0.676. The number of hydrogen-bond acceptors (Lipinski definition) is 7. The van der Waals surface area contributed by atoms with Crippen molar-refractivity contribution in [2.24, 2.45) is 0 Å². The third kappa shape index (κ3) is 5.25. The molecule has 32 heavy (non-hydrogen) atoms. The Hall–Kier alpha value is -3.40. The lowest BCUT2D eigenvalue weighted by molar-refractivity contribution is -0.126. The molecule has 1 N–H and O–H groups in total. The number of aromatic nitrogens is 1. The molecule has 170 valence electrons. The maximum Gasteiger partial charge on any atom is 0.246 e. The van der Waals surface area contributed by atoms with Gasteiger partial charge < -0.3 is 29.2 Å². The topological polar surface area (TPSA) is 91.2 Å². The molecule has 4 heterocycles. The fourth-order valence-electron chi connectivity index (χ4n) is 3.72. The number of anilines is 2. The lowest BCUT2D eigenvalue weighted by Crippen LogP contribution is -2.48. The number of carbonyl (C=O) groups excluding carboxylic acids is 2. The number of ether oxygens (including phenoxy) is 1. The third-order valence-electron chi connectivity index (χ3n) is 5.47. The van der Waals surface area contributed by atoms with E-state index in [9.17, 15) is 14.0 Å². The zero-order valence-electron chi connectivity index (χ0n) is 17.9. The Kier molecular flexibility index (Phi) is 6.69. The van der Waals surface area contributed by atoms with Crippen molar-refractivity contribution >= 4 is 29.4 Å². The monoisotopic (exact) mass is 443 g/mol. The number of nitrogens with zero attached hydrogens (tertiary/aromatic N) is 4. The van der Waals surface area contributed by atoms with Crippen LogP contribution >= 0.6 is 0 Å². The number of nitrogens with one attached hydrogen (secondary N) is 1. The number of hydrogen-bond donors (Lipinski definition) is 1. The molecule has 0 radical (unpaired) electrons. The molecule has 2 aromatic rings. The minimum atomic E-state index is -0.412. The Morgan fingerprint density at radius 1 is 1.28 bits per heavy atom. The van der Waals surface area contributed by atoms with Gasteiger partial charge in [0.2, 0.25) is 11.8 Å². The van der Waals surface area contributed by atoms with Crippen LogP contribution in [0.5, 0.6) is 0 Å². The summed E-state index contributed by atoms with van der Waals surface area (Å²) in [6, 6.07) is 4.99. The molecule has 2 aliphatic heterocycles. The molecular formula is C22H26FN5O4. The molecular weight excluding hydrogens is 417 g/mol. The van der Waals surface area contributed by atoms with E-state index in [4.69, 9.17) is 9.15 Å². The highest BCUT2D eigenvalue weighted by atomic mass is 19.1. The van der Waals surface area contributed by atoms with E-state index in [2.05, 4.69) is 10.3 Å². The fourth-order valence-corrected chi connectivity index (χ4v) is 3.72. The van der Waals surface area contributed by atoms with Crippen LogP contribution in [-0.2, 0) is 14.3 Å². The Balaban J connectivity index is 1.30. The first-order valence-corrected chi connectivity index (χ1v) is 10.5. The van der Waals surface area contributed by atoms with Crippen molar-refractivity contribution in [1.29, 1.82) is 0 Å². The number of rotatable bonds is 6. The molecule has 1 atom stereocenters. The summed E-state index contributed by atoms with van der Waals surface area (Å²) in [5.74, 6) is 0.271. The summed E-state index contributed by atoms with van der Waals surface area (Å²) in [5, 5.41) is 2.73.